The predicted octanol–water partition coefficient (Wildman–Crippen LogP) is 1.32. The van der Waals surface area contributed by atoms with Crippen LogP contribution in [0.3, 0.4) is 0 Å². The Morgan fingerprint density at radius 3 is 2.90 bits per heavy atom. The molecule has 0 aliphatic carbocycles. The summed E-state index contributed by atoms with van der Waals surface area (Å²) in [5.41, 5.74) is 6.45. The monoisotopic (exact) mass is 279 g/mol. The number of pyridine rings is 1. The van der Waals surface area contributed by atoms with Crippen molar-refractivity contribution in [3.8, 4) is 5.88 Å². The minimum absolute atomic E-state index is 0.243. The molecule has 1 aromatic rings. The number of rotatable bonds is 6. The molecule has 20 heavy (non-hydrogen) atoms. The Balaban J connectivity index is 1.93. The largest absolute Gasteiger partial charge is 0.475 e. The van der Waals surface area contributed by atoms with Crippen molar-refractivity contribution < 1.29 is 14.3 Å². The number of esters is 1. The first-order valence-corrected chi connectivity index (χ1v) is 6.99. The lowest BCUT2D eigenvalue weighted by atomic mass is 10.2. The molecule has 2 N–H and O–H groups in total. The van der Waals surface area contributed by atoms with Crippen molar-refractivity contribution in [3.63, 3.8) is 0 Å². The molecule has 0 aromatic carbocycles. The Labute approximate surface area is 118 Å². The summed E-state index contributed by atoms with van der Waals surface area (Å²) in [6.45, 7) is 5.67. The van der Waals surface area contributed by atoms with Gasteiger partial charge in [-0.25, -0.2) is 9.78 Å². The maximum atomic E-state index is 11.7. The molecule has 1 aliphatic rings. The molecule has 2 rings (SSSR count). The van der Waals surface area contributed by atoms with Crippen molar-refractivity contribution >= 4 is 11.7 Å². The standard InChI is InChI=1S/C14H21N3O3/c1-2-19-14(18)11-5-6-16-13(12(11)15)20-10-9-17-7-3-4-8-17/h5-6H,2-4,7-10,15H2,1H3. The van der Waals surface area contributed by atoms with Gasteiger partial charge in [0.15, 0.2) is 0 Å². The average Bonchev–Trinajstić information content (AvgIpc) is 2.94. The van der Waals surface area contributed by atoms with Crippen molar-refractivity contribution in [2.45, 2.75) is 19.8 Å². The predicted molar refractivity (Wildman–Crippen MR) is 75.8 cm³/mol. The van der Waals surface area contributed by atoms with E-state index in [1.54, 1.807) is 13.0 Å². The number of ether oxygens (including phenoxy) is 2. The molecule has 2 heterocycles. The van der Waals surface area contributed by atoms with E-state index in [4.69, 9.17) is 15.2 Å². The first-order valence-electron chi connectivity index (χ1n) is 6.99. The number of likely N-dealkylation sites (tertiary alicyclic amines) is 1. The van der Waals surface area contributed by atoms with Gasteiger partial charge in [-0.2, -0.15) is 0 Å². The van der Waals surface area contributed by atoms with Gasteiger partial charge in [0.1, 0.15) is 12.3 Å². The third-order valence-corrected chi connectivity index (χ3v) is 3.29. The number of anilines is 1. The van der Waals surface area contributed by atoms with Gasteiger partial charge in [0.25, 0.3) is 0 Å². The highest BCUT2D eigenvalue weighted by atomic mass is 16.5. The minimum atomic E-state index is -0.447. The summed E-state index contributed by atoms with van der Waals surface area (Å²) < 4.78 is 10.5. The summed E-state index contributed by atoms with van der Waals surface area (Å²) in [5, 5.41) is 0. The SMILES string of the molecule is CCOC(=O)c1ccnc(OCCN2CCCC2)c1N. The van der Waals surface area contributed by atoms with Crippen LogP contribution in [0.4, 0.5) is 5.69 Å². The van der Waals surface area contributed by atoms with E-state index in [-0.39, 0.29) is 5.69 Å². The normalized spacial score (nSPS) is 15.2. The van der Waals surface area contributed by atoms with E-state index in [2.05, 4.69) is 9.88 Å². The summed E-state index contributed by atoms with van der Waals surface area (Å²) in [4.78, 5) is 18.1. The van der Waals surface area contributed by atoms with Crippen LogP contribution in [0.2, 0.25) is 0 Å². The molecule has 1 aliphatic heterocycles. The van der Waals surface area contributed by atoms with Crippen LogP contribution in [-0.4, -0.2) is 48.7 Å². The van der Waals surface area contributed by atoms with Crippen LogP contribution in [0.25, 0.3) is 0 Å². The number of nitrogens with two attached hydrogens (primary N) is 1. The van der Waals surface area contributed by atoms with Gasteiger partial charge in [-0.3, -0.25) is 4.90 Å². The quantitative estimate of drug-likeness (QED) is 0.791. The van der Waals surface area contributed by atoms with Crippen molar-refractivity contribution in [3.05, 3.63) is 17.8 Å². The molecule has 1 aromatic heterocycles. The second-order valence-electron chi connectivity index (χ2n) is 4.70. The number of nitrogen functional groups attached to an aromatic ring is 1. The summed E-state index contributed by atoms with van der Waals surface area (Å²) in [5.74, 6) is -0.147. The molecule has 110 valence electrons. The van der Waals surface area contributed by atoms with Crippen LogP contribution >= 0.6 is 0 Å². The van der Waals surface area contributed by atoms with Gasteiger partial charge in [-0.05, 0) is 38.9 Å². The van der Waals surface area contributed by atoms with E-state index in [1.807, 2.05) is 0 Å². The van der Waals surface area contributed by atoms with Crippen molar-refractivity contribution in [1.82, 2.24) is 9.88 Å². The van der Waals surface area contributed by atoms with Crippen molar-refractivity contribution in [2.24, 2.45) is 0 Å². The zero-order chi connectivity index (χ0) is 14.4. The molecule has 0 atom stereocenters. The second kappa shape index (κ2) is 7.09. The third kappa shape index (κ3) is 3.60. The van der Waals surface area contributed by atoms with Crippen LogP contribution < -0.4 is 10.5 Å². The van der Waals surface area contributed by atoms with Gasteiger partial charge in [0.05, 0.1) is 12.2 Å². The average molecular weight is 279 g/mol. The van der Waals surface area contributed by atoms with Gasteiger partial charge < -0.3 is 15.2 Å². The van der Waals surface area contributed by atoms with E-state index < -0.39 is 5.97 Å². The Kier molecular flexibility index (Phi) is 5.17. The van der Waals surface area contributed by atoms with Gasteiger partial charge >= 0.3 is 5.97 Å². The molecule has 0 saturated carbocycles. The summed E-state index contributed by atoms with van der Waals surface area (Å²) in [6.07, 6.45) is 4.01. The molecule has 0 unspecified atom stereocenters. The summed E-state index contributed by atoms with van der Waals surface area (Å²) in [6, 6.07) is 1.54. The molecule has 1 fully saturated rings. The fourth-order valence-electron chi connectivity index (χ4n) is 2.23. The number of carbonyl (C=O) groups is 1. The minimum Gasteiger partial charge on any atom is -0.475 e. The molecule has 0 radical (unpaired) electrons. The number of carbonyl (C=O) groups excluding carboxylic acids is 1. The van der Waals surface area contributed by atoms with Crippen LogP contribution in [-0.2, 0) is 4.74 Å². The molecule has 1 saturated heterocycles. The molecule has 0 bridgehead atoms. The van der Waals surface area contributed by atoms with E-state index in [9.17, 15) is 4.79 Å². The number of nitrogens with zero attached hydrogens (tertiary/aromatic N) is 2. The highest BCUT2D eigenvalue weighted by Crippen LogP contribution is 2.23. The second-order valence-corrected chi connectivity index (χ2v) is 4.70. The first-order chi connectivity index (χ1) is 9.72. The lowest BCUT2D eigenvalue weighted by molar-refractivity contribution is 0.0527. The molecule has 6 nitrogen and oxygen atoms in total. The van der Waals surface area contributed by atoms with Crippen LogP contribution in [0.1, 0.15) is 30.1 Å². The first kappa shape index (κ1) is 14.6. The Morgan fingerprint density at radius 1 is 1.45 bits per heavy atom. The van der Waals surface area contributed by atoms with Crippen LogP contribution in [0, 0.1) is 0 Å². The fraction of sp³-hybridized carbons (Fsp3) is 0.571. The van der Waals surface area contributed by atoms with Gasteiger partial charge in [-0.15, -0.1) is 0 Å². The van der Waals surface area contributed by atoms with Gasteiger partial charge in [-0.1, -0.05) is 0 Å². The Morgan fingerprint density at radius 2 is 2.20 bits per heavy atom. The van der Waals surface area contributed by atoms with E-state index in [0.29, 0.717) is 24.7 Å². The third-order valence-electron chi connectivity index (χ3n) is 3.29. The van der Waals surface area contributed by atoms with Gasteiger partial charge in [0.2, 0.25) is 5.88 Å². The highest BCUT2D eigenvalue weighted by molar-refractivity contribution is 5.96. The zero-order valence-electron chi connectivity index (χ0n) is 11.8. The van der Waals surface area contributed by atoms with Crippen molar-refractivity contribution in [2.75, 3.05) is 38.6 Å². The fourth-order valence-corrected chi connectivity index (χ4v) is 2.23. The van der Waals surface area contributed by atoms with Crippen LogP contribution in [0.5, 0.6) is 5.88 Å². The number of aromatic nitrogens is 1. The summed E-state index contributed by atoms with van der Waals surface area (Å²) >= 11 is 0. The molecule has 0 amide bonds. The maximum Gasteiger partial charge on any atom is 0.340 e. The Bertz CT molecular complexity index is 459. The molecule has 6 heteroatoms. The van der Waals surface area contributed by atoms with Crippen molar-refractivity contribution in [1.29, 1.82) is 0 Å². The lowest BCUT2D eigenvalue weighted by Crippen LogP contribution is -2.25. The number of hydrogen-bond donors (Lipinski definition) is 1. The zero-order valence-corrected chi connectivity index (χ0v) is 11.8. The van der Waals surface area contributed by atoms with E-state index in [0.717, 1.165) is 19.6 Å². The topological polar surface area (TPSA) is 77.7 Å². The Hall–Kier alpha value is -1.82. The lowest BCUT2D eigenvalue weighted by Gasteiger charge is -2.15. The highest BCUT2D eigenvalue weighted by Gasteiger charge is 2.16. The molecular weight excluding hydrogens is 258 g/mol. The number of hydrogen-bond acceptors (Lipinski definition) is 6. The maximum absolute atomic E-state index is 11.7. The van der Waals surface area contributed by atoms with E-state index >= 15 is 0 Å². The van der Waals surface area contributed by atoms with E-state index in [1.165, 1.54) is 19.0 Å². The summed E-state index contributed by atoms with van der Waals surface area (Å²) in [7, 11) is 0. The van der Waals surface area contributed by atoms with Crippen LogP contribution in [0.15, 0.2) is 12.3 Å². The smallest absolute Gasteiger partial charge is 0.340 e. The molecular formula is C14H21N3O3. The van der Waals surface area contributed by atoms with Gasteiger partial charge in [0, 0.05) is 12.7 Å². The molecule has 0 spiro atoms.